The van der Waals surface area contributed by atoms with Gasteiger partial charge in [0.15, 0.2) is 0 Å². The van der Waals surface area contributed by atoms with E-state index < -0.39 is 5.60 Å². The summed E-state index contributed by atoms with van der Waals surface area (Å²) in [4.78, 5) is 16.2. The molecule has 0 aliphatic carbocycles. The van der Waals surface area contributed by atoms with Crippen molar-refractivity contribution in [2.45, 2.75) is 38.3 Å². The van der Waals surface area contributed by atoms with Crippen molar-refractivity contribution >= 4 is 33.7 Å². The van der Waals surface area contributed by atoms with Crippen molar-refractivity contribution in [1.82, 2.24) is 4.98 Å². The topological polar surface area (TPSA) is 39.2 Å². The Hall–Kier alpha value is -0.550. The summed E-state index contributed by atoms with van der Waals surface area (Å²) in [5.74, 6) is 0.534. The summed E-state index contributed by atoms with van der Waals surface area (Å²) in [7, 11) is 0. The first-order chi connectivity index (χ1) is 7.83. The van der Waals surface area contributed by atoms with E-state index in [0.29, 0.717) is 10.6 Å². The van der Waals surface area contributed by atoms with E-state index in [2.05, 4.69) is 20.9 Å². The third kappa shape index (κ3) is 4.68. The van der Waals surface area contributed by atoms with E-state index in [9.17, 15) is 4.79 Å². The number of rotatable bonds is 3. The Balaban J connectivity index is 3.02. The molecule has 17 heavy (non-hydrogen) atoms. The van der Waals surface area contributed by atoms with Crippen LogP contribution in [0.5, 0.6) is 0 Å². The van der Waals surface area contributed by atoms with Crippen LogP contribution in [0.25, 0.3) is 0 Å². The lowest BCUT2D eigenvalue weighted by Crippen LogP contribution is -2.24. The number of nitrogens with zero attached hydrogens (tertiary/aromatic N) is 1. The van der Waals surface area contributed by atoms with Crippen LogP contribution < -0.4 is 0 Å². The second-order valence-corrected chi connectivity index (χ2v) is 6.61. The summed E-state index contributed by atoms with van der Waals surface area (Å²) in [5, 5.41) is 0.713. The van der Waals surface area contributed by atoms with Gasteiger partial charge in [-0.1, -0.05) is 6.92 Å². The fourth-order valence-electron chi connectivity index (χ4n) is 1.16. The molecule has 0 amide bonds. The Morgan fingerprint density at radius 3 is 2.71 bits per heavy atom. The Bertz CT molecular complexity index is 415. The van der Waals surface area contributed by atoms with Crippen molar-refractivity contribution in [3.63, 3.8) is 0 Å². The molecule has 0 N–H and O–H groups in total. The average Bonchev–Trinajstić information content (AvgIpc) is 2.18. The first-order valence-electron chi connectivity index (χ1n) is 5.35. The van der Waals surface area contributed by atoms with Crippen LogP contribution in [0.15, 0.2) is 21.8 Å². The van der Waals surface area contributed by atoms with E-state index in [1.165, 1.54) is 11.8 Å². The number of thioether (sulfide) groups is 1. The Kier molecular flexibility index (Phi) is 5.01. The molecule has 0 saturated heterocycles. The van der Waals surface area contributed by atoms with Crippen molar-refractivity contribution in [1.29, 1.82) is 0 Å². The van der Waals surface area contributed by atoms with Gasteiger partial charge in [-0.15, -0.1) is 11.8 Å². The summed E-state index contributed by atoms with van der Waals surface area (Å²) >= 11 is 4.85. The summed E-state index contributed by atoms with van der Waals surface area (Å²) in [6.07, 6.45) is 1.69. The lowest BCUT2D eigenvalue weighted by molar-refractivity contribution is 0.00646. The monoisotopic (exact) mass is 317 g/mol. The van der Waals surface area contributed by atoms with Crippen LogP contribution in [-0.2, 0) is 4.74 Å². The SMILES string of the molecule is CCSc1ncc(Br)cc1C(=O)OC(C)(C)C. The van der Waals surface area contributed by atoms with Gasteiger partial charge in [-0.3, -0.25) is 0 Å². The van der Waals surface area contributed by atoms with Gasteiger partial charge in [0, 0.05) is 10.7 Å². The highest BCUT2D eigenvalue weighted by atomic mass is 79.9. The van der Waals surface area contributed by atoms with Crippen LogP contribution in [0, 0.1) is 0 Å². The zero-order chi connectivity index (χ0) is 13.1. The minimum absolute atomic E-state index is 0.331. The highest BCUT2D eigenvalue weighted by Crippen LogP contribution is 2.25. The summed E-state index contributed by atoms with van der Waals surface area (Å²) in [6, 6.07) is 1.75. The molecule has 0 aliphatic rings. The van der Waals surface area contributed by atoms with Crippen molar-refractivity contribution in [3.05, 3.63) is 22.3 Å². The number of aromatic nitrogens is 1. The molecule has 0 aliphatic heterocycles. The first-order valence-corrected chi connectivity index (χ1v) is 7.13. The van der Waals surface area contributed by atoms with Crippen molar-refractivity contribution < 1.29 is 9.53 Å². The van der Waals surface area contributed by atoms with Crippen LogP contribution in [0.1, 0.15) is 38.1 Å². The molecule has 1 heterocycles. The Morgan fingerprint density at radius 2 is 2.18 bits per heavy atom. The normalized spacial score (nSPS) is 11.4. The molecule has 0 radical (unpaired) electrons. The van der Waals surface area contributed by atoms with Crippen LogP contribution in [-0.4, -0.2) is 22.3 Å². The molecule has 94 valence electrons. The second kappa shape index (κ2) is 5.87. The number of esters is 1. The van der Waals surface area contributed by atoms with Gasteiger partial charge in [-0.2, -0.15) is 0 Å². The second-order valence-electron chi connectivity index (χ2n) is 4.44. The molecular formula is C12H16BrNO2S. The molecule has 0 atom stereocenters. The molecule has 5 heteroatoms. The molecule has 1 aromatic rings. The maximum Gasteiger partial charge on any atom is 0.341 e. The standard InChI is InChI=1S/C12H16BrNO2S/c1-5-17-10-9(6-8(13)7-14-10)11(15)16-12(2,3)4/h6-7H,5H2,1-4H3. The minimum atomic E-state index is -0.493. The van der Waals surface area contributed by atoms with Gasteiger partial charge in [0.1, 0.15) is 10.6 Å². The van der Waals surface area contributed by atoms with E-state index in [0.717, 1.165) is 10.2 Å². The van der Waals surface area contributed by atoms with Crippen LogP contribution in [0.3, 0.4) is 0 Å². The molecule has 0 aromatic carbocycles. The average molecular weight is 318 g/mol. The summed E-state index contributed by atoms with van der Waals surface area (Å²) in [6.45, 7) is 7.57. The molecule has 0 bridgehead atoms. The fraction of sp³-hybridized carbons (Fsp3) is 0.500. The van der Waals surface area contributed by atoms with Crippen molar-refractivity contribution in [3.8, 4) is 0 Å². The van der Waals surface area contributed by atoms with Gasteiger partial charge in [-0.25, -0.2) is 9.78 Å². The maximum absolute atomic E-state index is 12.0. The number of carbonyl (C=O) groups excluding carboxylic acids is 1. The smallest absolute Gasteiger partial charge is 0.341 e. The van der Waals surface area contributed by atoms with Gasteiger partial charge >= 0.3 is 5.97 Å². The summed E-state index contributed by atoms with van der Waals surface area (Å²) < 4.78 is 6.13. The molecule has 0 spiro atoms. The number of carbonyl (C=O) groups is 1. The van der Waals surface area contributed by atoms with Crippen molar-refractivity contribution in [2.24, 2.45) is 0 Å². The quantitative estimate of drug-likeness (QED) is 0.626. The van der Waals surface area contributed by atoms with E-state index in [1.807, 2.05) is 27.7 Å². The highest BCUT2D eigenvalue weighted by Gasteiger charge is 2.21. The van der Waals surface area contributed by atoms with Gasteiger partial charge in [0.2, 0.25) is 0 Å². The molecule has 3 nitrogen and oxygen atoms in total. The number of pyridine rings is 1. The van der Waals surface area contributed by atoms with E-state index in [-0.39, 0.29) is 5.97 Å². The predicted molar refractivity (Wildman–Crippen MR) is 73.5 cm³/mol. The number of ether oxygens (including phenoxy) is 1. The van der Waals surface area contributed by atoms with Gasteiger partial charge in [0.05, 0.1) is 5.56 Å². The molecule has 1 aromatic heterocycles. The minimum Gasteiger partial charge on any atom is -0.456 e. The van der Waals surface area contributed by atoms with E-state index in [4.69, 9.17) is 4.74 Å². The molecule has 1 rings (SSSR count). The molecule has 0 fully saturated rings. The Labute approximate surface area is 114 Å². The Morgan fingerprint density at radius 1 is 1.53 bits per heavy atom. The maximum atomic E-state index is 12.0. The fourth-order valence-corrected chi connectivity index (χ4v) is 2.19. The third-order valence-corrected chi connectivity index (χ3v) is 3.04. The molecule has 0 unspecified atom stereocenters. The number of hydrogen-bond acceptors (Lipinski definition) is 4. The van der Waals surface area contributed by atoms with Crippen molar-refractivity contribution in [2.75, 3.05) is 5.75 Å². The lowest BCUT2D eigenvalue weighted by Gasteiger charge is -2.20. The third-order valence-electron chi connectivity index (χ3n) is 1.72. The van der Waals surface area contributed by atoms with E-state index in [1.54, 1.807) is 12.3 Å². The largest absolute Gasteiger partial charge is 0.456 e. The first kappa shape index (κ1) is 14.5. The zero-order valence-corrected chi connectivity index (χ0v) is 12.8. The van der Waals surface area contributed by atoms with Crippen LogP contribution in [0.2, 0.25) is 0 Å². The number of hydrogen-bond donors (Lipinski definition) is 0. The van der Waals surface area contributed by atoms with Crippen LogP contribution >= 0.6 is 27.7 Å². The van der Waals surface area contributed by atoms with Crippen LogP contribution in [0.4, 0.5) is 0 Å². The lowest BCUT2D eigenvalue weighted by atomic mass is 10.2. The van der Waals surface area contributed by atoms with Gasteiger partial charge in [0.25, 0.3) is 0 Å². The molecular weight excluding hydrogens is 302 g/mol. The summed E-state index contributed by atoms with van der Waals surface area (Å²) in [5.41, 5.74) is 0.0224. The van der Waals surface area contributed by atoms with Gasteiger partial charge < -0.3 is 4.74 Å². The van der Waals surface area contributed by atoms with E-state index >= 15 is 0 Å². The zero-order valence-electron chi connectivity index (χ0n) is 10.4. The number of halogens is 1. The molecule has 0 saturated carbocycles. The predicted octanol–water partition coefficient (Wildman–Crippen LogP) is 3.91. The highest BCUT2D eigenvalue weighted by molar-refractivity contribution is 9.10. The van der Waals surface area contributed by atoms with Gasteiger partial charge in [-0.05, 0) is 48.5 Å².